The number of nitrogens with zero attached hydrogens (tertiary/aromatic N) is 2. The van der Waals surface area contributed by atoms with Crippen molar-refractivity contribution in [3.05, 3.63) is 88.5 Å². The molecule has 3 aromatic rings. The summed E-state index contributed by atoms with van der Waals surface area (Å²) in [4.78, 5) is 41.9. The van der Waals surface area contributed by atoms with E-state index in [4.69, 9.17) is 0 Å². The summed E-state index contributed by atoms with van der Waals surface area (Å²) in [5.41, 5.74) is 3.41. The lowest BCUT2D eigenvalue weighted by molar-refractivity contribution is -0.127. The van der Waals surface area contributed by atoms with Crippen LogP contribution in [0.2, 0.25) is 0 Å². The molecular weight excluding hydrogens is 514 g/mol. The molecule has 1 N–H and O–H groups in total. The summed E-state index contributed by atoms with van der Waals surface area (Å²) in [7, 11) is -4.02. The van der Waals surface area contributed by atoms with Gasteiger partial charge < -0.3 is 15.1 Å². The van der Waals surface area contributed by atoms with Gasteiger partial charge in [0.25, 0.3) is 11.8 Å². The van der Waals surface area contributed by atoms with Crippen LogP contribution in [-0.2, 0) is 21.2 Å². The molecule has 1 fully saturated rings. The Labute approximate surface area is 228 Å². The number of aryl methyl sites for hydroxylation is 2. The van der Waals surface area contributed by atoms with E-state index < -0.39 is 15.7 Å². The maximum absolute atomic E-state index is 13.9. The average molecular weight is 546 g/mol. The van der Waals surface area contributed by atoms with E-state index in [2.05, 4.69) is 5.32 Å². The SMILES string of the molecule is Cc1ccc(C)c(CN2C(=O)c3ccccc3S(=O)(=O)c3ccc(C(=O)NCCCN4CCCC4=O)cc32)c1. The number of likely N-dealkylation sites (tertiary alicyclic amines) is 1. The van der Waals surface area contributed by atoms with Crippen molar-refractivity contribution in [1.82, 2.24) is 10.2 Å². The largest absolute Gasteiger partial charge is 0.352 e. The third-order valence-electron chi connectivity index (χ3n) is 7.35. The maximum Gasteiger partial charge on any atom is 0.259 e. The van der Waals surface area contributed by atoms with Crippen LogP contribution >= 0.6 is 0 Å². The van der Waals surface area contributed by atoms with Crippen LogP contribution in [0.3, 0.4) is 0 Å². The number of hydrogen-bond donors (Lipinski definition) is 1. The zero-order chi connectivity index (χ0) is 27.7. The molecule has 0 saturated carbocycles. The second-order valence-corrected chi connectivity index (χ2v) is 12.0. The zero-order valence-electron chi connectivity index (χ0n) is 22.1. The summed E-state index contributed by atoms with van der Waals surface area (Å²) in [5.74, 6) is -0.673. The molecule has 2 aliphatic rings. The quantitative estimate of drug-likeness (QED) is 0.452. The Kier molecular flexibility index (Phi) is 7.27. The van der Waals surface area contributed by atoms with Crippen molar-refractivity contribution < 1.29 is 22.8 Å². The van der Waals surface area contributed by atoms with Gasteiger partial charge in [0.1, 0.15) is 0 Å². The summed E-state index contributed by atoms with van der Waals surface area (Å²) >= 11 is 0. The van der Waals surface area contributed by atoms with E-state index in [1.165, 1.54) is 35.2 Å². The fraction of sp³-hybridized carbons (Fsp3) is 0.300. The molecule has 39 heavy (non-hydrogen) atoms. The number of sulfone groups is 1. The minimum atomic E-state index is -4.02. The molecule has 8 nitrogen and oxygen atoms in total. The minimum Gasteiger partial charge on any atom is -0.352 e. The van der Waals surface area contributed by atoms with Gasteiger partial charge in [-0.1, -0.05) is 35.9 Å². The van der Waals surface area contributed by atoms with Crippen LogP contribution in [0, 0.1) is 13.8 Å². The Hall–Kier alpha value is -3.98. The second-order valence-electron chi connectivity index (χ2n) is 10.1. The van der Waals surface area contributed by atoms with E-state index in [1.807, 2.05) is 32.0 Å². The van der Waals surface area contributed by atoms with Crippen LogP contribution in [0.1, 0.15) is 56.7 Å². The number of benzene rings is 3. The van der Waals surface area contributed by atoms with E-state index >= 15 is 0 Å². The Morgan fingerprint density at radius 2 is 1.77 bits per heavy atom. The molecule has 5 rings (SSSR count). The standard InChI is InChI=1S/C30H31N3O5S/c1-20-10-11-21(2)23(17-20)19-33-25-18-22(29(35)31-14-6-16-32-15-5-9-28(32)34)12-13-27(25)39(37,38)26-8-4-3-7-24(26)30(33)36/h3-4,7-8,10-13,17-18H,5-6,9,14-16,19H2,1-2H3,(H,31,35). The molecule has 202 valence electrons. The van der Waals surface area contributed by atoms with Gasteiger partial charge in [-0.05, 0) is 68.1 Å². The number of rotatable bonds is 7. The van der Waals surface area contributed by atoms with Gasteiger partial charge in [0.15, 0.2) is 0 Å². The number of anilines is 1. The fourth-order valence-corrected chi connectivity index (χ4v) is 6.79. The average Bonchev–Trinajstić information content (AvgIpc) is 3.32. The van der Waals surface area contributed by atoms with Gasteiger partial charge in [-0.25, -0.2) is 8.42 Å². The van der Waals surface area contributed by atoms with Crippen LogP contribution in [0.5, 0.6) is 0 Å². The first-order valence-electron chi connectivity index (χ1n) is 13.1. The highest BCUT2D eigenvalue weighted by atomic mass is 32.2. The number of amides is 3. The molecule has 3 aromatic carbocycles. The van der Waals surface area contributed by atoms with E-state index in [0.29, 0.717) is 25.9 Å². The Bertz CT molecular complexity index is 1580. The van der Waals surface area contributed by atoms with Gasteiger partial charge in [0.05, 0.1) is 27.6 Å². The van der Waals surface area contributed by atoms with Crippen molar-refractivity contribution in [2.45, 2.75) is 49.4 Å². The van der Waals surface area contributed by atoms with Crippen LogP contribution in [0.25, 0.3) is 0 Å². The van der Waals surface area contributed by atoms with Crippen LogP contribution in [0.4, 0.5) is 5.69 Å². The van der Waals surface area contributed by atoms with Crippen molar-refractivity contribution in [1.29, 1.82) is 0 Å². The van der Waals surface area contributed by atoms with Crippen LogP contribution in [-0.4, -0.2) is 50.7 Å². The smallest absolute Gasteiger partial charge is 0.259 e. The third-order valence-corrected chi connectivity index (χ3v) is 9.21. The van der Waals surface area contributed by atoms with Crippen molar-refractivity contribution in [2.75, 3.05) is 24.5 Å². The lowest BCUT2D eigenvalue weighted by Gasteiger charge is -2.24. The van der Waals surface area contributed by atoms with Gasteiger partial charge in [-0.15, -0.1) is 0 Å². The molecule has 0 aromatic heterocycles. The summed E-state index contributed by atoms with van der Waals surface area (Å²) in [6, 6.07) is 16.5. The Balaban J connectivity index is 1.48. The fourth-order valence-electron chi connectivity index (χ4n) is 5.16. The number of fused-ring (bicyclic) bond motifs is 2. The predicted octanol–water partition coefficient (Wildman–Crippen LogP) is 4.04. The molecule has 0 radical (unpaired) electrons. The van der Waals surface area contributed by atoms with E-state index in [0.717, 1.165) is 29.7 Å². The highest BCUT2D eigenvalue weighted by Crippen LogP contribution is 2.38. The van der Waals surface area contributed by atoms with Gasteiger partial charge in [-0.2, -0.15) is 0 Å². The molecule has 0 atom stereocenters. The molecule has 2 heterocycles. The van der Waals surface area contributed by atoms with Crippen molar-refractivity contribution in [2.24, 2.45) is 0 Å². The van der Waals surface area contributed by atoms with Crippen molar-refractivity contribution in [3.8, 4) is 0 Å². The van der Waals surface area contributed by atoms with Gasteiger partial charge in [-0.3, -0.25) is 14.4 Å². The van der Waals surface area contributed by atoms with Crippen LogP contribution in [0.15, 0.2) is 70.5 Å². The number of hydrogen-bond acceptors (Lipinski definition) is 5. The Morgan fingerprint density at radius 3 is 2.54 bits per heavy atom. The molecule has 1 saturated heterocycles. The molecule has 2 aliphatic heterocycles. The first kappa shape index (κ1) is 26.6. The van der Waals surface area contributed by atoms with Gasteiger partial charge >= 0.3 is 0 Å². The molecule has 3 amide bonds. The number of carbonyl (C=O) groups excluding carboxylic acids is 3. The summed E-state index contributed by atoms with van der Waals surface area (Å²) < 4.78 is 27.4. The monoisotopic (exact) mass is 545 g/mol. The summed E-state index contributed by atoms with van der Waals surface area (Å²) in [6.07, 6.45) is 2.05. The number of nitrogens with one attached hydrogen (secondary N) is 1. The van der Waals surface area contributed by atoms with Gasteiger partial charge in [0.2, 0.25) is 15.7 Å². The van der Waals surface area contributed by atoms with Crippen molar-refractivity contribution >= 4 is 33.2 Å². The normalized spacial score (nSPS) is 16.1. The summed E-state index contributed by atoms with van der Waals surface area (Å²) in [6.45, 7) is 5.76. The molecule has 0 aliphatic carbocycles. The molecular formula is C30H31N3O5S. The molecule has 0 unspecified atom stereocenters. The molecule has 0 bridgehead atoms. The Morgan fingerprint density at radius 1 is 0.974 bits per heavy atom. The maximum atomic E-state index is 13.9. The number of carbonyl (C=O) groups is 3. The van der Waals surface area contributed by atoms with E-state index in [9.17, 15) is 22.8 Å². The highest BCUT2D eigenvalue weighted by Gasteiger charge is 2.36. The van der Waals surface area contributed by atoms with Crippen LogP contribution < -0.4 is 10.2 Å². The second kappa shape index (κ2) is 10.6. The molecule has 9 heteroatoms. The third kappa shape index (κ3) is 5.18. The lowest BCUT2D eigenvalue weighted by Crippen LogP contribution is -2.32. The molecule has 0 spiro atoms. The topological polar surface area (TPSA) is 104 Å². The predicted molar refractivity (Wildman–Crippen MR) is 148 cm³/mol. The van der Waals surface area contributed by atoms with Gasteiger partial charge in [0, 0.05) is 31.6 Å². The lowest BCUT2D eigenvalue weighted by atomic mass is 10.0. The highest BCUT2D eigenvalue weighted by molar-refractivity contribution is 7.91. The first-order valence-corrected chi connectivity index (χ1v) is 14.6. The van der Waals surface area contributed by atoms with E-state index in [1.54, 1.807) is 17.0 Å². The van der Waals surface area contributed by atoms with E-state index in [-0.39, 0.29) is 45.0 Å². The first-order chi connectivity index (χ1) is 18.7. The summed E-state index contributed by atoms with van der Waals surface area (Å²) in [5, 5.41) is 2.86. The van der Waals surface area contributed by atoms with Crippen molar-refractivity contribution in [3.63, 3.8) is 0 Å². The minimum absolute atomic E-state index is 0.0183. The zero-order valence-corrected chi connectivity index (χ0v) is 22.9.